The van der Waals surface area contributed by atoms with Crippen LogP contribution in [0.15, 0.2) is 29.3 Å². The van der Waals surface area contributed by atoms with Crippen LogP contribution in [0, 0.1) is 5.92 Å². The number of halogens is 1. The molecule has 0 saturated heterocycles. The molecule has 0 aliphatic rings. The van der Waals surface area contributed by atoms with Gasteiger partial charge in [0.1, 0.15) is 5.75 Å². The minimum Gasteiger partial charge on any atom is -0.497 e. The van der Waals surface area contributed by atoms with Gasteiger partial charge in [0.25, 0.3) is 5.91 Å². The average molecular weight is 462 g/mol. The van der Waals surface area contributed by atoms with E-state index in [1.807, 2.05) is 0 Å². The summed E-state index contributed by atoms with van der Waals surface area (Å²) in [7, 11) is 3.35. The van der Waals surface area contributed by atoms with Gasteiger partial charge in [0.2, 0.25) is 0 Å². The molecule has 1 amide bonds. The molecule has 1 rings (SSSR count). The van der Waals surface area contributed by atoms with Crippen molar-refractivity contribution in [2.24, 2.45) is 10.9 Å². The molecule has 0 spiro atoms. The summed E-state index contributed by atoms with van der Waals surface area (Å²) in [5.41, 5.74) is 0.618. The van der Waals surface area contributed by atoms with Crippen LogP contribution in [0.3, 0.4) is 0 Å². The van der Waals surface area contributed by atoms with E-state index in [1.54, 1.807) is 38.4 Å². The van der Waals surface area contributed by atoms with Crippen LogP contribution in [0.4, 0.5) is 0 Å². The second kappa shape index (κ2) is 13.7. The third-order valence-corrected chi connectivity index (χ3v) is 3.99. The van der Waals surface area contributed by atoms with Crippen LogP contribution in [0.1, 0.15) is 37.0 Å². The maximum Gasteiger partial charge on any atom is 0.251 e. The van der Waals surface area contributed by atoms with E-state index in [-0.39, 0.29) is 29.9 Å². The van der Waals surface area contributed by atoms with Crippen LogP contribution in [0.2, 0.25) is 0 Å². The normalized spacial score (nSPS) is 10.8. The molecular formula is C18H31IN4O2. The van der Waals surface area contributed by atoms with Gasteiger partial charge in [-0.1, -0.05) is 26.7 Å². The fraction of sp³-hybridized carbons (Fsp3) is 0.556. The highest BCUT2D eigenvalue weighted by molar-refractivity contribution is 14.0. The third-order valence-electron chi connectivity index (χ3n) is 3.99. The molecule has 7 heteroatoms. The van der Waals surface area contributed by atoms with Crippen LogP contribution < -0.4 is 20.7 Å². The molecule has 25 heavy (non-hydrogen) atoms. The number of nitrogens with zero attached hydrogens (tertiary/aromatic N) is 1. The highest BCUT2D eigenvalue weighted by Crippen LogP contribution is 2.10. The molecule has 0 atom stereocenters. The Bertz CT molecular complexity index is 516. The number of hydrogen-bond donors (Lipinski definition) is 3. The summed E-state index contributed by atoms with van der Waals surface area (Å²) in [6.07, 6.45) is 2.30. The van der Waals surface area contributed by atoms with Gasteiger partial charge in [-0.3, -0.25) is 9.79 Å². The molecule has 0 unspecified atom stereocenters. The molecule has 1 aromatic rings. The van der Waals surface area contributed by atoms with Crippen molar-refractivity contribution in [1.29, 1.82) is 0 Å². The van der Waals surface area contributed by atoms with Gasteiger partial charge in [-0.15, -0.1) is 24.0 Å². The number of benzene rings is 1. The zero-order chi connectivity index (χ0) is 17.8. The van der Waals surface area contributed by atoms with Gasteiger partial charge in [0, 0.05) is 32.2 Å². The summed E-state index contributed by atoms with van der Waals surface area (Å²) in [6.45, 7) is 6.44. The van der Waals surface area contributed by atoms with Crippen molar-refractivity contribution in [2.75, 3.05) is 33.8 Å². The Labute approximate surface area is 168 Å². The number of hydrogen-bond acceptors (Lipinski definition) is 3. The molecule has 0 aliphatic heterocycles. The number of amides is 1. The van der Waals surface area contributed by atoms with Gasteiger partial charge >= 0.3 is 0 Å². The molecule has 0 fully saturated rings. The number of methoxy groups -OCH3 is 1. The molecule has 0 aliphatic carbocycles. The minimum absolute atomic E-state index is 0. The van der Waals surface area contributed by atoms with E-state index < -0.39 is 0 Å². The molecule has 0 heterocycles. The lowest BCUT2D eigenvalue weighted by Crippen LogP contribution is -2.43. The summed E-state index contributed by atoms with van der Waals surface area (Å²) in [6, 6.07) is 7.04. The molecule has 0 saturated carbocycles. The van der Waals surface area contributed by atoms with Crippen LogP contribution in [-0.2, 0) is 0 Å². The molecule has 142 valence electrons. The highest BCUT2D eigenvalue weighted by atomic mass is 127. The first-order chi connectivity index (χ1) is 11.6. The van der Waals surface area contributed by atoms with Gasteiger partial charge in [-0.05, 0) is 30.2 Å². The maximum atomic E-state index is 12.0. The summed E-state index contributed by atoms with van der Waals surface area (Å²) in [5, 5.41) is 9.40. The Hall–Kier alpha value is -1.51. The topological polar surface area (TPSA) is 74.8 Å². The average Bonchev–Trinajstić information content (AvgIpc) is 2.63. The SMILES string of the molecule is CCC(CC)CNC(=NC)NCCNC(=O)c1ccc(OC)cc1.I. The van der Waals surface area contributed by atoms with E-state index >= 15 is 0 Å². The van der Waals surface area contributed by atoms with Crippen LogP contribution in [0.25, 0.3) is 0 Å². The lowest BCUT2D eigenvalue weighted by atomic mass is 10.0. The van der Waals surface area contributed by atoms with E-state index in [0.717, 1.165) is 31.1 Å². The van der Waals surface area contributed by atoms with E-state index in [2.05, 4.69) is 34.8 Å². The number of rotatable bonds is 9. The molecule has 1 aromatic carbocycles. The summed E-state index contributed by atoms with van der Waals surface area (Å²) in [5.74, 6) is 2.05. The smallest absolute Gasteiger partial charge is 0.251 e. The Kier molecular flexibility index (Phi) is 12.9. The lowest BCUT2D eigenvalue weighted by molar-refractivity contribution is 0.0954. The van der Waals surface area contributed by atoms with Crippen molar-refractivity contribution < 1.29 is 9.53 Å². The molecule has 0 radical (unpaired) electrons. The van der Waals surface area contributed by atoms with Crippen molar-refractivity contribution in [3.05, 3.63) is 29.8 Å². The predicted octanol–water partition coefficient (Wildman–Crippen LogP) is 2.64. The third kappa shape index (κ3) is 8.94. The van der Waals surface area contributed by atoms with E-state index in [1.165, 1.54) is 0 Å². The summed E-state index contributed by atoms with van der Waals surface area (Å²) >= 11 is 0. The largest absolute Gasteiger partial charge is 0.497 e. The first kappa shape index (κ1) is 23.5. The van der Waals surface area contributed by atoms with Crippen molar-refractivity contribution >= 4 is 35.8 Å². The fourth-order valence-corrected chi connectivity index (χ4v) is 2.24. The number of carbonyl (C=O) groups is 1. The monoisotopic (exact) mass is 462 g/mol. The second-order valence-corrected chi connectivity index (χ2v) is 5.55. The molecule has 0 bridgehead atoms. The number of nitrogens with one attached hydrogen (secondary N) is 3. The Balaban J connectivity index is 0.00000576. The Morgan fingerprint density at radius 3 is 2.20 bits per heavy atom. The van der Waals surface area contributed by atoms with Crippen LogP contribution in [0.5, 0.6) is 5.75 Å². The number of ether oxygens (including phenoxy) is 1. The number of guanidine groups is 1. The molecule has 6 nitrogen and oxygen atoms in total. The van der Waals surface area contributed by atoms with E-state index in [4.69, 9.17) is 4.74 Å². The first-order valence-corrected chi connectivity index (χ1v) is 8.51. The lowest BCUT2D eigenvalue weighted by Gasteiger charge is -2.16. The number of aliphatic imine (C=N–C) groups is 1. The molecular weight excluding hydrogens is 431 g/mol. The summed E-state index contributed by atoms with van der Waals surface area (Å²) < 4.78 is 5.08. The second-order valence-electron chi connectivity index (χ2n) is 5.55. The van der Waals surface area contributed by atoms with Gasteiger partial charge in [0.15, 0.2) is 5.96 Å². The fourth-order valence-electron chi connectivity index (χ4n) is 2.24. The zero-order valence-electron chi connectivity index (χ0n) is 15.6. The zero-order valence-corrected chi connectivity index (χ0v) is 17.9. The van der Waals surface area contributed by atoms with Crippen molar-refractivity contribution in [3.63, 3.8) is 0 Å². The standard InChI is InChI=1S/C18H30N4O2.HI/c1-5-14(6-2)13-22-18(19-3)21-12-11-20-17(23)15-7-9-16(24-4)10-8-15;/h7-10,14H,5-6,11-13H2,1-4H3,(H,20,23)(H2,19,21,22);1H. The van der Waals surface area contributed by atoms with Crippen LogP contribution >= 0.6 is 24.0 Å². The van der Waals surface area contributed by atoms with Crippen LogP contribution in [-0.4, -0.2) is 45.7 Å². The first-order valence-electron chi connectivity index (χ1n) is 8.51. The van der Waals surface area contributed by atoms with Crippen molar-refractivity contribution in [3.8, 4) is 5.75 Å². The van der Waals surface area contributed by atoms with Gasteiger partial charge in [0.05, 0.1) is 7.11 Å². The quantitative estimate of drug-likeness (QED) is 0.228. The van der Waals surface area contributed by atoms with Gasteiger partial charge in [-0.25, -0.2) is 0 Å². The van der Waals surface area contributed by atoms with Gasteiger partial charge in [-0.2, -0.15) is 0 Å². The predicted molar refractivity (Wildman–Crippen MR) is 114 cm³/mol. The van der Waals surface area contributed by atoms with Crippen molar-refractivity contribution in [2.45, 2.75) is 26.7 Å². The Morgan fingerprint density at radius 2 is 1.68 bits per heavy atom. The maximum absolute atomic E-state index is 12.0. The van der Waals surface area contributed by atoms with Gasteiger partial charge < -0.3 is 20.7 Å². The number of carbonyl (C=O) groups excluding carboxylic acids is 1. The molecule has 0 aromatic heterocycles. The van der Waals surface area contributed by atoms with Crippen molar-refractivity contribution in [1.82, 2.24) is 16.0 Å². The highest BCUT2D eigenvalue weighted by Gasteiger charge is 2.06. The minimum atomic E-state index is -0.0978. The molecule has 3 N–H and O–H groups in total. The van der Waals surface area contributed by atoms with E-state index in [0.29, 0.717) is 24.6 Å². The van der Waals surface area contributed by atoms with E-state index in [9.17, 15) is 4.79 Å². The summed E-state index contributed by atoms with van der Waals surface area (Å²) in [4.78, 5) is 16.2. The Morgan fingerprint density at radius 1 is 1.08 bits per heavy atom.